The van der Waals surface area contributed by atoms with E-state index >= 15 is 0 Å². The van der Waals surface area contributed by atoms with Crippen molar-refractivity contribution in [3.63, 3.8) is 0 Å². The van der Waals surface area contributed by atoms with Gasteiger partial charge in [0.1, 0.15) is 0 Å². The molecule has 0 fully saturated rings. The lowest BCUT2D eigenvalue weighted by Crippen LogP contribution is -2.29. The molecule has 0 spiro atoms. The Labute approximate surface area is 168 Å². The SMILES string of the molecule is ClCCN(CCCCN(CCCl)Cc1ccccc1)Cc1ccccc1. The van der Waals surface area contributed by atoms with Gasteiger partial charge < -0.3 is 0 Å². The van der Waals surface area contributed by atoms with E-state index in [-0.39, 0.29) is 0 Å². The topological polar surface area (TPSA) is 6.48 Å². The van der Waals surface area contributed by atoms with Gasteiger partial charge in [-0.25, -0.2) is 0 Å². The lowest BCUT2D eigenvalue weighted by Gasteiger charge is -2.24. The molecule has 142 valence electrons. The third kappa shape index (κ3) is 8.55. The van der Waals surface area contributed by atoms with Gasteiger partial charge in [-0.3, -0.25) is 9.80 Å². The molecule has 0 heterocycles. The third-order valence-electron chi connectivity index (χ3n) is 4.50. The van der Waals surface area contributed by atoms with Crippen molar-refractivity contribution in [2.24, 2.45) is 0 Å². The number of benzene rings is 2. The van der Waals surface area contributed by atoms with Crippen LogP contribution in [0.2, 0.25) is 0 Å². The lowest BCUT2D eigenvalue weighted by atomic mass is 10.2. The molecule has 0 bridgehead atoms. The number of alkyl halides is 2. The molecule has 0 aliphatic rings. The van der Waals surface area contributed by atoms with Crippen molar-refractivity contribution >= 4 is 23.2 Å². The minimum atomic E-state index is 0.680. The Kier molecular flexibility index (Phi) is 10.8. The van der Waals surface area contributed by atoms with Gasteiger partial charge in [0, 0.05) is 37.9 Å². The zero-order valence-corrected chi connectivity index (χ0v) is 17.0. The smallest absolute Gasteiger partial charge is 0.0351 e. The number of nitrogens with zero attached hydrogens (tertiary/aromatic N) is 2. The van der Waals surface area contributed by atoms with Crippen molar-refractivity contribution in [2.75, 3.05) is 37.9 Å². The first-order valence-electron chi connectivity index (χ1n) is 9.46. The van der Waals surface area contributed by atoms with Crippen LogP contribution in [-0.2, 0) is 13.1 Å². The first kappa shape index (κ1) is 21.2. The van der Waals surface area contributed by atoms with Gasteiger partial charge in [0.05, 0.1) is 0 Å². The maximum absolute atomic E-state index is 5.99. The maximum Gasteiger partial charge on any atom is 0.0351 e. The van der Waals surface area contributed by atoms with Crippen LogP contribution >= 0.6 is 23.2 Å². The maximum atomic E-state index is 5.99. The molecule has 0 unspecified atom stereocenters. The second-order valence-corrected chi connectivity index (χ2v) is 7.36. The summed E-state index contributed by atoms with van der Waals surface area (Å²) in [7, 11) is 0. The van der Waals surface area contributed by atoms with Gasteiger partial charge in [0.25, 0.3) is 0 Å². The second-order valence-electron chi connectivity index (χ2n) is 6.61. The molecule has 0 aromatic heterocycles. The molecule has 0 aliphatic carbocycles. The molecule has 0 saturated heterocycles. The van der Waals surface area contributed by atoms with E-state index in [0.29, 0.717) is 11.8 Å². The summed E-state index contributed by atoms with van der Waals surface area (Å²) in [5.74, 6) is 1.36. The highest BCUT2D eigenvalue weighted by molar-refractivity contribution is 6.18. The summed E-state index contributed by atoms with van der Waals surface area (Å²) in [6, 6.07) is 21.3. The Bertz CT molecular complexity index is 524. The Hall–Kier alpha value is -1.06. The number of rotatable bonds is 13. The van der Waals surface area contributed by atoms with Crippen molar-refractivity contribution in [1.29, 1.82) is 0 Å². The van der Waals surface area contributed by atoms with Crippen molar-refractivity contribution in [2.45, 2.75) is 25.9 Å². The van der Waals surface area contributed by atoms with Crippen LogP contribution in [0.1, 0.15) is 24.0 Å². The van der Waals surface area contributed by atoms with E-state index in [4.69, 9.17) is 23.2 Å². The third-order valence-corrected chi connectivity index (χ3v) is 4.84. The molecular weight excluding hydrogens is 363 g/mol. The van der Waals surface area contributed by atoms with Crippen molar-refractivity contribution in [3.8, 4) is 0 Å². The molecule has 2 aromatic carbocycles. The normalized spacial score (nSPS) is 11.4. The standard InChI is InChI=1S/C22H30Cl2N2/c23-13-17-25(19-21-9-3-1-4-10-21)15-7-8-16-26(18-14-24)20-22-11-5-2-6-12-22/h1-6,9-12H,7-8,13-20H2. The molecule has 2 aromatic rings. The van der Waals surface area contributed by atoms with E-state index in [1.165, 1.54) is 24.0 Å². The summed E-state index contributed by atoms with van der Waals surface area (Å²) >= 11 is 12.0. The second kappa shape index (κ2) is 13.2. The monoisotopic (exact) mass is 392 g/mol. The number of halogens is 2. The van der Waals surface area contributed by atoms with Crippen LogP contribution in [-0.4, -0.2) is 47.7 Å². The zero-order valence-electron chi connectivity index (χ0n) is 15.5. The summed E-state index contributed by atoms with van der Waals surface area (Å²) in [6.07, 6.45) is 2.36. The molecule has 0 aliphatic heterocycles. The highest BCUT2D eigenvalue weighted by Crippen LogP contribution is 2.09. The molecular formula is C22H30Cl2N2. The molecule has 0 atom stereocenters. The quantitative estimate of drug-likeness (QED) is 0.339. The minimum Gasteiger partial charge on any atom is -0.298 e. The molecule has 2 nitrogen and oxygen atoms in total. The lowest BCUT2D eigenvalue weighted by molar-refractivity contribution is 0.246. The van der Waals surface area contributed by atoms with Gasteiger partial charge in [-0.2, -0.15) is 0 Å². The van der Waals surface area contributed by atoms with E-state index in [9.17, 15) is 0 Å². The van der Waals surface area contributed by atoms with Crippen LogP contribution < -0.4 is 0 Å². The fourth-order valence-corrected chi connectivity index (χ4v) is 3.61. The Morgan fingerprint density at radius 2 is 0.923 bits per heavy atom. The minimum absolute atomic E-state index is 0.680. The first-order chi connectivity index (χ1) is 12.8. The summed E-state index contributed by atoms with van der Waals surface area (Å²) in [5, 5.41) is 0. The highest BCUT2D eigenvalue weighted by Gasteiger charge is 2.08. The average molecular weight is 393 g/mol. The van der Waals surface area contributed by atoms with Crippen LogP contribution in [0.15, 0.2) is 60.7 Å². The summed E-state index contributed by atoms with van der Waals surface area (Å²) in [6.45, 7) is 5.99. The van der Waals surface area contributed by atoms with Crippen molar-refractivity contribution in [3.05, 3.63) is 71.8 Å². The first-order valence-corrected chi connectivity index (χ1v) is 10.5. The van der Waals surface area contributed by atoms with Crippen LogP contribution in [0.4, 0.5) is 0 Å². The fourth-order valence-electron chi connectivity index (χ4n) is 3.13. The molecule has 26 heavy (non-hydrogen) atoms. The van der Waals surface area contributed by atoms with Gasteiger partial charge in [0.2, 0.25) is 0 Å². The molecule has 0 saturated carbocycles. The van der Waals surface area contributed by atoms with Crippen molar-refractivity contribution < 1.29 is 0 Å². The summed E-state index contributed by atoms with van der Waals surface area (Å²) in [4.78, 5) is 4.90. The van der Waals surface area contributed by atoms with Crippen LogP contribution in [0.5, 0.6) is 0 Å². The predicted octanol–water partition coefficient (Wildman–Crippen LogP) is 5.25. The predicted molar refractivity (Wildman–Crippen MR) is 114 cm³/mol. The van der Waals surface area contributed by atoms with E-state index < -0.39 is 0 Å². The number of unbranched alkanes of at least 4 members (excludes halogenated alkanes) is 1. The van der Waals surface area contributed by atoms with Crippen LogP contribution in [0, 0.1) is 0 Å². The largest absolute Gasteiger partial charge is 0.298 e. The molecule has 0 amide bonds. The Morgan fingerprint density at radius 3 is 1.27 bits per heavy atom. The fraction of sp³-hybridized carbons (Fsp3) is 0.455. The van der Waals surface area contributed by atoms with Crippen LogP contribution in [0.3, 0.4) is 0 Å². The molecule has 2 rings (SSSR count). The number of hydrogen-bond donors (Lipinski definition) is 0. The zero-order chi connectivity index (χ0) is 18.5. The van der Waals surface area contributed by atoms with E-state index in [2.05, 4.69) is 70.5 Å². The molecule has 0 N–H and O–H groups in total. The summed E-state index contributed by atoms with van der Waals surface area (Å²) < 4.78 is 0. The van der Waals surface area contributed by atoms with Gasteiger partial charge in [0.15, 0.2) is 0 Å². The van der Waals surface area contributed by atoms with E-state index in [1.807, 2.05) is 0 Å². The molecule has 0 radical (unpaired) electrons. The number of hydrogen-bond acceptors (Lipinski definition) is 2. The summed E-state index contributed by atoms with van der Waals surface area (Å²) in [5.41, 5.74) is 2.70. The van der Waals surface area contributed by atoms with E-state index in [0.717, 1.165) is 39.3 Å². The molecule has 4 heteroatoms. The van der Waals surface area contributed by atoms with Gasteiger partial charge in [-0.1, -0.05) is 60.7 Å². The van der Waals surface area contributed by atoms with Crippen LogP contribution in [0.25, 0.3) is 0 Å². The van der Waals surface area contributed by atoms with E-state index in [1.54, 1.807) is 0 Å². The Balaban J connectivity index is 1.74. The van der Waals surface area contributed by atoms with Gasteiger partial charge >= 0.3 is 0 Å². The average Bonchev–Trinajstić information content (AvgIpc) is 2.67. The van der Waals surface area contributed by atoms with Gasteiger partial charge in [-0.15, -0.1) is 23.2 Å². The highest BCUT2D eigenvalue weighted by atomic mass is 35.5. The van der Waals surface area contributed by atoms with Crippen molar-refractivity contribution in [1.82, 2.24) is 9.80 Å². The Morgan fingerprint density at radius 1 is 0.538 bits per heavy atom. The van der Waals surface area contributed by atoms with Gasteiger partial charge in [-0.05, 0) is 37.1 Å².